The number of hydrogen-bond donors (Lipinski definition) is 1. The Morgan fingerprint density at radius 3 is 2.19 bits per heavy atom. The highest BCUT2D eigenvalue weighted by Gasteiger charge is 2.40. The third-order valence-corrected chi connectivity index (χ3v) is 4.59. The number of methoxy groups -OCH3 is 3. The molecule has 1 N–H and O–H groups in total. The maximum Gasteiger partial charge on any atom is 0.125 e. The lowest BCUT2D eigenvalue weighted by atomic mass is 9.84. The van der Waals surface area contributed by atoms with Crippen molar-refractivity contribution >= 4 is 0 Å². The molecule has 21 heavy (non-hydrogen) atoms. The summed E-state index contributed by atoms with van der Waals surface area (Å²) in [7, 11) is 4.93. The first kappa shape index (κ1) is 16.1. The van der Waals surface area contributed by atoms with Gasteiger partial charge in [0, 0.05) is 12.7 Å². The normalized spacial score (nSPS) is 19.6. The van der Waals surface area contributed by atoms with Gasteiger partial charge in [-0.2, -0.15) is 0 Å². The molecular weight excluding hydrogens is 268 g/mol. The molecule has 0 radical (unpaired) electrons. The molecular formula is C17H26O4. The molecule has 4 nitrogen and oxygen atoms in total. The molecule has 0 amide bonds. The average Bonchev–Trinajstić information content (AvgIpc) is 2.80. The lowest BCUT2D eigenvalue weighted by Gasteiger charge is -2.37. The minimum Gasteiger partial charge on any atom is -0.497 e. The number of rotatable bonds is 5. The molecule has 0 spiro atoms. The minimum atomic E-state index is -0.717. The summed E-state index contributed by atoms with van der Waals surface area (Å²) in [5, 5.41) is 11.0. The Morgan fingerprint density at radius 2 is 1.67 bits per heavy atom. The monoisotopic (exact) mass is 294 g/mol. The summed E-state index contributed by atoms with van der Waals surface area (Å²) in [6.45, 7) is 0. The van der Waals surface area contributed by atoms with Gasteiger partial charge in [0.15, 0.2) is 0 Å². The van der Waals surface area contributed by atoms with E-state index in [2.05, 4.69) is 0 Å². The maximum absolute atomic E-state index is 11.0. The molecule has 1 saturated carbocycles. The van der Waals surface area contributed by atoms with E-state index in [9.17, 15) is 5.11 Å². The zero-order valence-electron chi connectivity index (χ0n) is 13.2. The van der Waals surface area contributed by atoms with Gasteiger partial charge in [-0.1, -0.05) is 25.7 Å². The van der Waals surface area contributed by atoms with Crippen molar-refractivity contribution in [2.75, 3.05) is 21.3 Å². The number of hydrogen-bond acceptors (Lipinski definition) is 4. The van der Waals surface area contributed by atoms with Crippen molar-refractivity contribution in [3.8, 4) is 11.5 Å². The first-order chi connectivity index (χ1) is 10.2. The second-order valence-corrected chi connectivity index (χ2v) is 5.69. The van der Waals surface area contributed by atoms with Crippen LogP contribution in [-0.2, 0) is 4.74 Å². The van der Waals surface area contributed by atoms with Crippen LogP contribution < -0.4 is 9.47 Å². The Bertz CT molecular complexity index is 450. The summed E-state index contributed by atoms with van der Waals surface area (Å²) in [4.78, 5) is 0. The first-order valence-corrected chi connectivity index (χ1v) is 7.62. The van der Waals surface area contributed by atoms with Crippen LogP contribution in [0, 0.1) is 0 Å². The molecule has 1 aliphatic carbocycles. The van der Waals surface area contributed by atoms with Crippen LogP contribution in [0.4, 0.5) is 0 Å². The first-order valence-electron chi connectivity index (χ1n) is 7.62. The number of aliphatic hydroxyl groups is 1. The highest BCUT2D eigenvalue weighted by molar-refractivity contribution is 5.42. The van der Waals surface area contributed by atoms with Crippen LogP contribution in [0.5, 0.6) is 11.5 Å². The summed E-state index contributed by atoms with van der Waals surface area (Å²) in [5.74, 6) is 1.38. The zero-order valence-corrected chi connectivity index (χ0v) is 13.2. The van der Waals surface area contributed by atoms with Crippen LogP contribution in [-0.4, -0.2) is 32.0 Å². The van der Waals surface area contributed by atoms with E-state index in [-0.39, 0.29) is 0 Å². The van der Waals surface area contributed by atoms with E-state index in [0.29, 0.717) is 11.5 Å². The Labute approximate surface area is 127 Å². The lowest BCUT2D eigenvalue weighted by Crippen LogP contribution is -2.38. The molecule has 1 unspecified atom stereocenters. The van der Waals surface area contributed by atoms with E-state index in [0.717, 1.165) is 31.2 Å². The molecule has 1 aromatic carbocycles. The van der Waals surface area contributed by atoms with E-state index < -0.39 is 11.7 Å². The van der Waals surface area contributed by atoms with Crippen molar-refractivity contribution in [1.82, 2.24) is 0 Å². The van der Waals surface area contributed by atoms with Gasteiger partial charge in [-0.25, -0.2) is 0 Å². The van der Waals surface area contributed by atoms with Crippen LogP contribution in [0.3, 0.4) is 0 Å². The standard InChI is InChI=1S/C17H26O4/c1-19-13-8-9-15(20-2)14(12-13)16(18)17(21-3)10-6-4-5-7-11-17/h8-9,12,16,18H,4-7,10-11H2,1-3H3. The Kier molecular flexibility index (Phi) is 5.48. The number of benzene rings is 1. The summed E-state index contributed by atoms with van der Waals surface area (Å²) >= 11 is 0. The van der Waals surface area contributed by atoms with Crippen molar-refractivity contribution in [1.29, 1.82) is 0 Å². The fraction of sp³-hybridized carbons (Fsp3) is 0.647. The van der Waals surface area contributed by atoms with Gasteiger partial charge in [0.25, 0.3) is 0 Å². The van der Waals surface area contributed by atoms with Crippen LogP contribution in [0.25, 0.3) is 0 Å². The molecule has 118 valence electrons. The lowest BCUT2D eigenvalue weighted by molar-refractivity contribution is -0.114. The number of aliphatic hydroxyl groups excluding tert-OH is 1. The van der Waals surface area contributed by atoms with Crippen LogP contribution in [0.1, 0.15) is 50.2 Å². The molecule has 1 fully saturated rings. The van der Waals surface area contributed by atoms with E-state index in [1.807, 2.05) is 18.2 Å². The summed E-state index contributed by atoms with van der Waals surface area (Å²) in [6, 6.07) is 5.51. The Hall–Kier alpha value is -1.26. The van der Waals surface area contributed by atoms with Gasteiger partial charge >= 0.3 is 0 Å². The van der Waals surface area contributed by atoms with Gasteiger partial charge in [0.05, 0.1) is 19.8 Å². The smallest absolute Gasteiger partial charge is 0.125 e. The van der Waals surface area contributed by atoms with Crippen molar-refractivity contribution < 1.29 is 19.3 Å². The van der Waals surface area contributed by atoms with Crippen molar-refractivity contribution in [2.24, 2.45) is 0 Å². The minimum absolute atomic E-state index is 0.532. The SMILES string of the molecule is COc1ccc(OC)c(C(O)C2(OC)CCCCCC2)c1. The molecule has 1 aromatic rings. The second kappa shape index (κ2) is 7.14. The van der Waals surface area contributed by atoms with Gasteiger partial charge in [-0.3, -0.25) is 0 Å². The summed E-state index contributed by atoms with van der Waals surface area (Å²) < 4.78 is 16.5. The van der Waals surface area contributed by atoms with Crippen LogP contribution >= 0.6 is 0 Å². The van der Waals surface area contributed by atoms with E-state index >= 15 is 0 Å². The van der Waals surface area contributed by atoms with Crippen molar-refractivity contribution in [2.45, 2.75) is 50.2 Å². The highest BCUT2D eigenvalue weighted by Crippen LogP contribution is 2.43. The fourth-order valence-corrected chi connectivity index (χ4v) is 3.25. The molecule has 0 aliphatic heterocycles. The number of ether oxygens (including phenoxy) is 3. The predicted molar refractivity (Wildman–Crippen MR) is 81.9 cm³/mol. The zero-order chi connectivity index (χ0) is 15.3. The summed E-state index contributed by atoms with van der Waals surface area (Å²) in [6.07, 6.45) is 5.58. The molecule has 4 heteroatoms. The Morgan fingerprint density at radius 1 is 1.00 bits per heavy atom. The van der Waals surface area contributed by atoms with Crippen LogP contribution in [0.15, 0.2) is 18.2 Å². The highest BCUT2D eigenvalue weighted by atomic mass is 16.5. The van der Waals surface area contributed by atoms with E-state index in [1.54, 1.807) is 21.3 Å². The molecule has 1 aliphatic rings. The molecule has 0 aromatic heterocycles. The van der Waals surface area contributed by atoms with Gasteiger partial charge in [0.1, 0.15) is 17.6 Å². The average molecular weight is 294 g/mol. The van der Waals surface area contributed by atoms with Crippen molar-refractivity contribution in [3.05, 3.63) is 23.8 Å². The summed E-state index contributed by atoms with van der Waals surface area (Å²) in [5.41, 5.74) is 0.205. The second-order valence-electron chi connectivity index (χ2n) is 5.69. The largest absolute Gasteiger partial charge is 0.497 e. The van der Waals surface area contributed by atoms with E-state index in [4.69, 9.17) is 14.2 Å². The fourth-order valence-electron chi connectivity index (χ4n) is 3.25. The predicted octanol–water partition coefficient (Wildman–Crippen LogP) is 3.48. The Balaban J connectivity index is 2.37. The maximum atomic E-state index is 11.0. The molecule has 0 saturated heterocycles. The van der Waals surface area contributed by atoms with Gasteiger partial charge in [-0.05, 0) is 31.0 Å². The molecule has 0 bridgehead atoms. The van der Waals surface area contributed by atoms with Crippen LogP contribution in [0.2, 0.25) is 0 Å². The van der Waals surface area contributed by atoms with Gasteiger partial charge in [-0.15, -0.1) is 0 Å². The van der Waals surface area contributed by atoms with E-state index in [1.165, 1.54) is 12.8 Å². The third-order valence-electron chi connectivity index (χ3n) is 4.59. The van der Waals surface area contributed by atoms with Gasteiger partial charge < -0.3 is 19.3 Å². The molecule has 1 atom stereocenters. The molecule has 0 heterocycles. The third kappa shape index (κ3) is 3.33. The van der Waals surface area contributed by atoms with Gasteiger partial charge in [0.2, 0.25) is 0 Å². The quantitative estimate of drug-likeness (QED) is 0.845. The topological polar surface area (TPSA) is 47.9 Å². The van der Waals surface area contributed by atoms with Crippen molar-refractivity contribution in [3.63, 3.8) is 0 Å². The molecule has 2 rings (SSSR count).